The summed E-state index contributed by atoms with van der Waals surface area (Å²) in [5.74, 6) is 1.97. The monoisotopic (exact) mass is 249 g/mol. The molecule has 1 saturated heterocycles. The zero-order valence-electron chi connectivity index (χ0n) is 11.4. The Morgan fingerprint density at radius 1 is 1.22 bits per heavy atom. The van der Waals surface area contributed by atoms with E-state index in [0.717, 1.165) is 44.2 Å². The molecule has 0 atom stereocenters. The van der Waals surface area contributed by atoms with Crippen LogP contribution >= 0.6 is 0 Å². The third kappa shape index (κ3) is 3.57. The van der Waals surface area contributed by atoms with Crippen molar-refractivity contribution in [1.82, 2.24) is 14.9 Å². The van der Waals surface area contributed by atoms with Crippen LogP contribution in [0.5, 0.6) is 0 Å². The second kappa shape index (κ2) is 6.54. The van der Waals surface area contributed by atoms with E-state index in [-0.39, 0.29) is 0 Å². The third-order valence-corrected chi connectivity index (χ3v) is 3.25. The molecule has 0 bridgehead atoms. The molecule has 2 heterocycles. The largest absolute Gasteiger partial charge is 0.370 e. The van der Waals surface area contributed by atoms with Crippen molar-refractivity contribution in [2.45, 2.75) is 19.8 Å². The van der Waals surface area contributed by atoms with Crippen molar-refractivity contribution in [2.75, 3.05) is 50.0 Å². The molecule has 0 aromatic carbocycles. The van der Waals surface area contributed by atoms with Gasteiger partial charge in [0.25, 0.3) is 0 Å². The molecule has 1 N–H and O–H groups in total. The van der Waals surface area contributed by atoms with E-state index in [1.54, 1.807) is 6.33 Å². The molecule has 0 aliphatic carbocycles. The zero-order chi connectivity index (χ0) is 12.8. The van der Waals surface area contributed by atoms with Crippen LogP contribution in [-0.4, -0.2) is 54.6 Å². The predicted molar refractivity (Wildman–Crippen MR) is 75.1 cm³/mol. The Bertz CT molecular complexity index is 368. The highest BCUT2D eigenvalue weighted by Gasteiger charge is 2.13. The zero-order valence-corrected chi connectivity index (χ0v) is 11.4. The quantitative estimate of drug-likeness (QED) is 0.875. The summed E-state index contributed by atoms with van der Waals surface area (Å²) in [6.45, 7) is 7.50. The molecule has 5 heteroatoms. The highest BCUT2D eigenvalue weighted by Crippen LogP contribution is 2.15. The van der Waals surface area contributed by atoms with Gasteiger partial charge < -0.3 is 15.1 Å². The van der Waals surface area contributed by atoms with Crippen LogP contribution in [0.2, 0.25) is 0 Å². The van der Waals surface area contributed by atoms with Crippen molar-refractivity contribution in [2.24, 2.45) is 0 Å². The standard InChI is InChI=1S/C13H23N5/c1-3-5-14-12-10-13(16-11-15-12)18-7-4-6-17(2)8-9-18/h10-11H,3-9H2,1-2H3,(H,14,15,16). The maximum absolute atomic E-state index is 4.39. The van der Waals surface area contributed by atoms with Gasteiger partial charge in [0.05, 0.1) is 0 Å². The lowest BCUT2D eigenvalue weighted by Gasteiger charge is -2.21. The number of hydrogen-bond donors (Lipinski definition) is 1. The molecule has 2 rings (SSSR count). The number of anilines is 2. The van der Waals surface area contributed by atoms with Crippen LogP contribution in [0, 0.1) is 0 Å². The maximum atomic E-state index is 4.39. The molecule has 18 heavy (non-hydrogen) atoms. The van der Waals surface area contributed by atoms with Crippen molar-refractivity contribution < 1.29 is 0 Å². The van der Waals surface area contributed by atoms with Crippen molar-refractivity contribution in [3.05, 3.63) is 12.4 Å². The van der Waals surface area contributed by atoms with Gasteiger partial charge in [0.2, 0.25) is 0 Å². The van der Waals surface area contributed by atoms with Crippen LogP contribution in [0.1, 0.15) is 19.8 Å². The summed E-state index contributed by atoms with van der Waals surface area (Å²) in [6.07, 6.45) is 3.95. The van der Waals surface area contributed by atoms with E-state index >= 15 is 0 Å². The normalized spacial score (nSPS) is 17.6. The van der Waals surface area contributed by atoms with E-state index in [1.165, 1.54) is 13.0 Å². The Hall–Kier alpha value is -1.36. The van der Waals surface area contributed by atoms with Gasteiger partial charge in [-0.2, -0.15) is 0 Å². The van der Waals surface area contributed by atoms with Gasteiger partial charge in [0.15, 0.2) is 0 Å². The summed E-state index contributed by atoms with van der Waals surface area (Å²) < 4.78 is 0. The molecule has 0 unspecified atom stereocenters. The first-order chi connectivity index (χ1) is 8.79. The summed E-state index contributed by atoms with van der Waals surface area (Å²) in [5, 5.41) is 3.31. The van der Waals surface area contributed by atoms with Gasteiger partial charge in [-0.25, -0.2) is 9.97 Å². The molecule has 100 valence electrons. The van der Waals surface area contributed by atoms with Gasteiger partial charge in [-0.3, -0.25) is 0 Å². The highest BCUT2D eigenvalue weighted by molar-refractivity contribution is 5.48. The number of aromatic nitrogens is 2. The summed E-state index contributed by atoms with van der Waals surface area (Å²) in [5.41, 5.74) is 0. The number of nitrogens with one attached hydrogen (secondary N) is 1. The average Bonchev–Trinajstić information content (AvgIpc) is 2.61. The van der Waals surface area contributed by atoms with E-state index in [1.807, 2.05) is 0 Å². The van der Waals surface area contributed by atoms with Gasteiger partial charge in [-0.1, -0.05) is 6.92 Å². The summed E-state index contributed by atoms with van der Waals surface area (Å²) in [7, 11) is 2.18. The fourth-order valence-electron chi connectivity index (χ4n) is 2.15. The van der Waals surface area contributed by atoms with Gasteiger partial charge in [0.1, 0.15) is 18.0 Å². The number of hydrogen-bond acceptors (Lipinski definition) is 5. The smallest absolute Gasteiger partial charge is 0.134 e. The molecule has 1 aromatic heterocycles. The van der Waals surface area contributed by atoms with E-state index in [0.29, 0.717) is 0 Å². The molecular weight excluding hydrogens is 226 g/mol. The highest BCUT2D eigenvalue weighted by atomic mass is 15.2. The molecular formula is C13H23N5. The van der Waals surface area contributed by atoms with E-state index < -0.39 is 0 Å². The van der Waals surface area contributed by atoms with Crippen LogP contribution < -0.4 is 10.2 Å². The molecule has 0 spiro atoms. The number of nitrogens with zero attached hydrogens (tertiary/aromatic N) is 4. The van der Waals surface area contributed by atoms with Gasteiger partial charge >= 0.3 is 0 Å². The van der Waals surface area contributed by atoms with Gasteiger partial charge in [-0.05, 0) is 26.4 Å². The lowest BCUT2D eigenvalue weighted by molar-refractivity contribution is 0.360. The molecule has 1 aliphatic rings. The minimum Gasteiger partial charge on any atom is -0.370 e. The fourth-order valence-corrected chi connectivity index (χ4v) is 2.15. The Balaban J connectivity index is 2.02. The van der Waals surface area contributed by atoms with Crippen LogP contribution in [0.3, 0.4) is 0 Å². The van der Waals surface area contributed by atoms with Gasteiger partial charge in [0, 0.05) is 32.2 Å². The first kappa shape index (κ1) is 13.1. The van der Waals surface area contributed by atoms with Gasteiger partial charge in [-0.15, -0.1) is 0 Å². The first-order valence-electron chi connectivity index (χ1n) is 6.79. The molecule has 1 fully saturated rings. The predicted octanol–water partition coefficient (Wildman–Crippen LogP) is 1.44. The number of likely N-dealkylation sites (N-methyl/N-ethyl adjacent to an activating group) is 1. The second-order valence-electron chi connectivity index (χ2n) is 4.83. The summed E-state index contributed by atoms with van der Waals surface area (Å²) in [6, 6.07) is 2.06. The van der Waals surface area contributed by atoms with Crippen LogP contribution in [0.25, 0.3) is 0 Å². The van der Waals surface area contributed by atoms with Crippen LogP contribution in [0.4, 0.5) is 11.6 Å². The van der Waals surface area contributed by atoms with Crippen molar-refractivity contribution >= 4 is 11.6 Å². The molecule has 1 aliphatic heterocycles. The topological polar surface area (TPSA) is 44.3 Å². The molecule has 0 radical (unpaired) electrons. The molecule has 1 aromatic rings. The SMILES string of the molecule is CCCNc1cc(N2CCCN(C)CC2)ncn1. The van der Waals surface area contributed by atoms with Crippen molar-refractivity contribution in [3.8, 4) is 0 Å². The lowest BCUT2D eigenvalue weighted by Crippen LogP contribution is -2.29. The first-order valence-corrected chi connectivity index (χ1v) is 6.79. The summed E-state index contributed by atoms with van der Waals surface area (Å²) >= 11 is 0. The van der Waals surface area contributed by atoms with Crippen LogP contribution in [0.15, 0.2) is 12.4 Å². The second-order valence-corrected chi connectivity index (χ2v) is 4.83. The molecule has 5 nitrogen and oxygen atoms in total. The van der Waals surface area contributed by atoms with E-state index in [2.05, 4.69) is 45.1 Å². The Morgan fingerprint density at radius 2 is 2.11 bits per heavy atom. The average molecular weight is 249 g/mol. The number of rotatable bonds is 4. The Morgan fingerprint density at radius 3 is 2.94 bits per heavy atom. The van der Waals surface area contributed by atoms with E-state index in [4.69, 9.17) is 0 Å². The molecule has 0 saturated carbocycles. The fraction of sp³-hybridized carbons (Fsp3) is 0.692. The lowest BCUT2D eigenvalue weighted by atomic mass is 10.3. The minimum absolute atomic E-state index is 0.930. The molecule has 0 amide bonds. The Labute approximate surface area is 109 Å². The van der Waals surface area contributed by atoms with Crippen molar-refractivity contribution in [1.29, 1.82) is 0 Å². The third-order valence-electron chi connectivity index (χ3n) is 3.25. The Kier molecular flexibility index (Phi) is 4.75. The van der Waals surface area contributed by atoms with Crippen LogP contribution in [-0.2, 0) is 0 Å². The summed E-state index contributed by atoms with van der Waals surface area (Å²) in [4.78, 5) is 13.4. The minimum atomic E-state index is 0.930. The maximum Gasteiger partial charge on any atom is 0.134 e. The van der Waals surface area contributed by atoms with Crippen molar-refractivity contribution in [3.63, 3.8) is 0 Å². The van der Waals surface area contributed by atoms with E-state index in [9.17, 15) is 0 Å².